The second-order valence-corrected chi connectivity index (χ2v) is 7.15. The van der Waals surface area contributed by atoms with Crippen molar-refractivity contribution in [1.82, 2.24) is 14.5 Å². The maximum atomic E-state index is 12.7. The lowest BCUT2D eigenvalue weighted by Gasteiger charge is -2.17. The predicted molar refractivity (Wildman–Crippen MR) is 118 cm³/mol. The van der Waals surface area contributed by atoms with Crippen LogP contribution in [0.15, 0.2) is 67.0 Å². The van der Waals surface area contributed by atoms with Gasteiger partial charge in [-0.3, -0.25) is 15.2 Å². The average Bonchev–Trinajstić information content (AvgIpc) is 3.08. The quantitative estimate of drug-likeness (QED) is 0.398. The molecule has 30 heavy (non-hydrogen) atoms. The summed E-state index contributed by atoms with van der Waals surface area (Å²) in [6.45, 7) is 0. The smallest absolute Gasteiger partial charge is 0.258 e. The number of nitrogens with zero attached hydrogens (tertiary/aromatic N) is 4. The van der Waals surface area contributed by atoms with Crippen molar-refractivity contribution in [2.75, 3.05) is 11.9 Å². The first-order chi connectivity index (χ1) is 14.4. The van der Waals surface area contributed by atoms with Gasteiger partial charge in [0.25, 0.3) is 5.91 Å². The number of aromatic nitrogens is 3. The largest absolute Gasteiger partial charge is 0.384 e. The Kier molecular flexibility index (Phi) is 5.02. The molecule has 7 nitrogen and oxygen atoms in total. The number of nitrogen functional groups attached to an aromatic ring is 1. The van der Waals surface area contributed by atoms with E-state index in [2.05, 4.69) is 9.55 Å². The molecule has 0 unspecified atom stereocenters. The maximum absolute atomic E-state index is 12.7. The van der Waals surface area contributed by atoms with Crippen LogP contribution in [0, 0.1) is 5.41 Å². The summed E-state index contributed by atoms with van der Waals surface area (Å²) in [7, 11) is 3.74. The Balaban J connectivity index is 1.61. The molecule has 7 heteroatoms. The van der Waals surface area contributed by atoms with Crippen LogP contribution in [-0.4, -0.2) is 33.3 Å². The number of fused-ring (bicyclic) bond motifs is 1. The van der Waals surface area contributed by atoms with Crippen LogP contribution in [0.25, 0.3) is 11.0 Å². The molecule has 0 fully saturated rings. The molecule has 0 aliphatic heterocycles. The number of anilines is 1. The normalized spacial score (nSPS) is 10.9. The van der Waals surface area contributed by atoms with Gasteiger partial charge in [-0.15, -0.1) is 0 Å². The van der Waals surface area contributed by atoms with E-state index in [-0.39, 0.29) is 11.7 Å². The Morgan fingerprint density at radius 1 is 1.07 bits per heavy atom. The Bertz CT molecular complexity index is 1230. The molecule has 2 aromatic carbocycles. The fraction of sp³-hybridized carbons (Fsp3) is 0.130. The Morgan fingerprint density at radius 3 is 2.43 bits per heavy atom. The Morgan fingerprint density at radius 2 is 1.77 bits per heavy atom. The van der Waals surface area contributed by atoms with E-state index in [4.69, 9.17) is 16.1 Å². The molecule has 2 heterocycles. The van der Waals surface area contributed by atoms with Crippen molar-refractivity contribution in [2.24, 2.45) is 12.8 Å². The first-order valence-corrected chi connectivity index (χ1v) is 9.51. The first kappa shape index (κ1) is 19.3. The third-order valence-electron chi connectivity index (χ3n) is 5.20. The number of benzene rings is 2. The highest BCUT2D eigenvalue weighted by Crippen LogP contribution is 2.24. The average molecular weight is 398 g/mol. The Hall–Kier alpha value is -4.00. The number of rotatable bonds is 5. The van der Waals surface area contributed by atoms with Gasteiger partial charge in [0.1, 0.15) is 11.7 Å². The van der Waals surface area contributed by atoms with Crippen molar-refractivity contribution in [1.29, 1.82) is 5.41 Å². The van der Waals surface area contributed by atoms with Crippen LogP contribution < -0.4 is 10.6 Å². The number of pyridine rings is 1. The van der Waals surface area contributed by atoms with E-state index < -0.39 is 0 Å². The molecule has 0 aliphatic rings. The number of carbonyl (C=O) groups excluding carboxylic acids is 1. The Labute approximate surface area is 174 Å². The molecule has 150 valence electrons. The van der Waals surface area contributed by atoms with Crippen molar-refractivity contribution in [3.63, 3.8) is 0 Å². The van der Waals surface area contributed by atoms with Gasteiger partial charge in [0.2, 0.25) is 0 Å². The zero-order valence-corrected chi connectivity index (χ0v) is 16.8. The van der Waals surface area contributed by atoms with Crippen LogP contribution in [0.2, 0.25) is 0 Å². The van der Waals surface area contributed by atoms with Gasteiger partial charge >= 0.3 is 0 Å². The molecular formula is C23H22N6O. The summed E-state index contributed by atoms with van der Waals surface area (Å²) in [6.07, 6.45) is 3.88. The number of imidazole rings is 1. The third kappa shape index (κ3) is 3.65. The fourth-order valence-corrected chi connectivity index (χ4v) is 3.39. The number of nitrogens with two attached hydrogens (primary N) is 1. The monoisotopic (exact) mass is 398 g/mol. The molecular weight excluding hydrogens is 376 g/mol. The summed E-state index contributed by atoms with van der Waals surface area (Å²) in [5.41, 5.74) is 10.5. The molecule has 3 N–H and O–H groups in total. The van der Waals surface area contributed by atoms with Gasteiger partial charge in [-0.1, -0.05) is 24.3 Å². The maximum Gasteiger partial charge on any atom is 0.258 e. The van der Waals surface area contributed by atoms with Crippen LogP contribution in [-0.2, 0) is 13.5 Å². The second-order valence-electron chi connectivity index (χ2n) is 7.15. The van der Waals surface area contributed by atoms with E-state index >= 15 is 0 Å². The van der Waals surface area contributed by atoms with E-state index in [0.29, 0.717) is 17.5 Å². The molecule has 1 amide bonds. The van der Waals surface area contributed by atoms with Gasteiger partial charge < -0.3 is 15.2 Å². The molecule has 0 spiro atoms. The number of hydrogen-bond donors (Lipinski definition) is 2. The minimum atomic E-state index is -0.0986. The molecule has 0 bridgehead atoms. The van der Waals surface area contributed by atoms with Gasteiger partial charge in [-0.2, -0.15) is 0 Å². The van der Waals surface area contributed by atoms with Gasteiger partial charge in [0.05, 0.1) is 11.0 Å². The molecule has 0 atom stereocenters. The highest BCUT2D eigenvalue weighted by atomic mass is 16.2. The van der Waals surface area contributed by atoms with Crippen molar-refractivity contribution in [3.05, 3.63) is 89.5 Å². The standard InChI is InChI=1S/C23H22N6O/c1-28(23(30)17-9-11-26-12-10-17)18-7-8-20-19(14-18)27-21(29(20)2)13-15-3-5-16(6-4-15)22(24)25/h3-12,14H,13H2,1-2H3,(H3,24,25). The lowest BCUT2D eigenvalue weighted by Crippen LogP contribution is -2.26. The van der Waals surface area contributed by atoms with Crippen molar-refractivity contribution >= 4 is 28.5 Å². The van der Waals surface area contributed by atoms with Crippen molar-refractivity contribution < 1.29 is 4.79 Å². The molecule has 0 aliphatic carbocycles. The molecule has 4 rings (SSSR count). The second kappa shape index (κ2) is 7.79. The summed E-state index contributed by atoms with van der Waals surface area (Å²) in [4.78, 5) is 23.1. The van der Waals surface area contributed by atoms with Crippen LogP contribution in [0.3, 0.4) is 0 Å². The topological polar surface area (TPSA) is 101 Å². The summed E-state index contributed by atoms with van der Waals surface area (Å²) in [6, 6.07) is 16.9. The van der Waals surface area contributed by atoms with E-state index in [1.807, 2.05) is 49.5 Å². The molecule has 4 aromatic rings. The van der Waals surface area contributed by atoms with Crippen molar-refractivity contribution in [3.8, 4) is 0 Å². The minimum absolute atomic E-state index is 0.0576. The molecule has 2 aromatic heterocycles. The molecule has 0 saturated carbocycles. The number of nitrogens with one attached hydrogen (secondary N) is 1. The number of carbonyl (C=O) groups is 1. The summed E-state index contributed by atoms with van der Waals surface area (Å²) < 4.78 is 2.06. The number of amides is 1. The summed E-state index contributed by atoms with van der Waals surface area (Å²) in [5, 5.41) is 7.50. The van der Waals surface area contributed by atoms with Crippen LogP contribution in [0.1, 0.15) is 27.3 Å². The fourth-order valence-electron chi connectivity index (χ4n) is 3.39. The van der Waals surface area contributed by atoms with Crippen LogP contribution >= 0.6 is 0 Å². The van der Waals surface area contributed by atoms with E-state index in [1.54, 1.807) is 36.5 Å². The number of hydrogen-bond acceptors (Lipinski definition) is 4. The first-order valence-electron chi connectivity index (χ1n) is 9.51. The van der Waals surface area contributed by atoms with Gasteiger partial charge in [0, 0.05) is 49.7 Å². The minimum Gasteiger partial charge on any atom is -0.384 e. The lowest BCUT2D eigenvalue weighted by molar-refractivity contribution is 0.0993. The lowest BCUT2D eigenvalue weighted by atomic mass is 10.1. The molecule has 0 radical (unpaired) electrons. The predicted octanol–water partition coefficient (Wildman–Crippen LogP) is 3.12. The number of amidine groups is 1. The van der Waals surface area contributed by atoms with Gasteiger partial charge in [-0.05, 0) is 35.9 Å². The molecule has 0 saturated heterocycles. The van der Waals surface area contributed by atoms with E-state index in [1.165, 1.54) is 0 Å². The third-order valence-corrected chi connectivity index (χ3v) is 5.20. The van der Waals surface area contributed by atoms with E-state index in [9.17, 15) is 4.79 Å². The highest BCUT2D eigenvalue weighted by molar-refractivity contribution is 6.06. The summed E-state index contributed by atoms with van der Waals surface area (Å²) in [5.74, 6) is 0.876. The SMILES string of the molecule is CN(C(=O)c1ccncc1)c1ccc2c(c1)nc(Cc1ccc(C(=N)N)cc1)n2C. The summed E-state index contributed by atoms with van der Waals surface area (Å²) >= 11 is 0. The zero-order valence-electron chi connectivity index (χ0n) is 16.8. The van der Waals surface area contributed by atoms with E-state index in [0.717, 1.165) is 28.1 Å². The highest BCUT2D eigenvalue weighted by Gasteiger charge is 2.16. The number of aryl methyl sites for hydroxylation is 1. The van der Waals surface area contributed by atoms with Crippen LogP contribution in [0.5, 0.6) is 0 Å². The van der Waals surface area contributed by atoms with Gasteiger partial charge in [-0.25, -0.2) is 4.98 Å². The van der Waals surface area contributed by atoms with Crippen molar-refractivity contribution in [2.45, 2.75) is 6.42 Å². The van der Waals surface area contributed by atoms with Gasteiger partial charge in [0.15, 0.2) is 0 Å². The van der Waals surface area contributed by atoms with Crippen LogP contribution in [0.4, 0.5) is 5.69 Å². The zero-order chi connectivity index (χ0) is 21.3.